The third-order valence-corrected chi connectivity index (χ3v) is 3.39. The highest BCUT2D eigenvalue weighted by atomic mass is 16.6. The lowest BCUT2D eigenvalue weighted by Crippen LogP contribution is -2.30. The maximum absolute atomic E-state index is 12.3. The van der Waals surface area contributed by atoms with Crippen molar-refractivity contribution in [2.24, 2.45) is 5.92 Å². The third kappa shape index (κ3) is 7.83. The van der Waals surface area contributed by atoms with Gasteiger partial charge in [0.2, 0.25) is 0 Å². The third-order valence-electron chi connectivity index (χ3n) is 3.39. The minimum Gasteiger partial charge on any atom is -0.481 e. The van der Waals surface area contributed by atoms with Crippen molar-refractivity contribution >= 4 is 17.9 Å². The Morgan fingerprint density at radius 2 is 1.72 bits per heavy atom. The van der Waals surface area contributed by atoms with Gasteiger partial charge in [0.15, 0.2) is 0 Å². The van der Waals surface area contributed by atoms with Crippen LogP contribution < -0.4 is 0 Å². The molecule has 1 unspecified atom stereocenters. The number of hydrogen-bond donors (Lipinski definition) is 1. The highest BCUT2D eigenvalue weighted by Crippen LogP contribution is 2.20. The van der Waals surface area contributed by atoms with Gasteiger partial charge in [0.25, 0.3) is 0 Å². The molecule has 0 aromatic heterocycles. The van der Waals surface area contributed by atoms with Gasteiger partial charge in [0.05, 0.1) is 18.1 Å². The van der Waals surface area contributed by atoms with E-state index in [9.17, 15) is 14.4 Å². The fourth-order valence-electron chi connectivity index (χ4n) is 2.26. The molecule has 0 aliphatic heterocycles. The van der Waals surface area contributed by atoms with Gasteiger partial charge in [-0.2, -0.15) is 0 Å². The monoisotopic (exact) mass is 350 g/mol. The zero-order valence-electron chi connectivity index (χ0n) is 15.2. The Labute approximate surface area is 148 Å². The Balaban J connectivity index is 2.83. The first-order valence-electron chi connectivity index (χ1n) is 8.33. The van der Waals surface area contributed by atoms with Crippen LogP contribution in [-0.4, -0.2) is 35.2 Å². The van der Waals surface area contributed by atoms with E-state index in [0.29, 0.717) is 18.6 Å². The van der Waals surface area contributed by atoms with E-state index in [2.05, 4.69) is 0 Å². The van der Waals surface area contributed by atoms with Crippen molar-refractivity contribution in [3.8, 4) is 0 Å². The molecule has 0 saturated heterocycles. The maximum atomic E-state index is 12.3. The van der Waals surface area contributed by atoms with E-state index in [0.717, 1.165) is 5.56 Å². The molecule has 0 spiro atoms. The molecule has 1 rings (SSSR count). The molecule has 1 atom stereocenters. The Kier molecular flexibility index (Phi) is 7.61. The molecule has 0 heterocycles. The molecule has 6 nitrogen and oxygen atoms in total. The average molecular weight is 350 g/mol. The van der Waals surface area contributed by atoms with Crippen molar-refractivity contribution in [2.45, 2.75) is 52.6 Å². The van der Waals surface area contributed by atoms with E-state index in [1.54, 1.807) is 52.0 Å². The molecule has 0 radical (unpaired) electrons. The number of carboxylic acid groups (broad SMARTS) is 1. The van der Waals surface area contributed by atoms with Crippen molar-refractivity contribution in [2.75, 3.05) is 6.61 Å². The summed E-state index contributed by atoms with van der Waals surface area (Å²) < 4.78 is 10.3. The summed E-state index contributed by atoms with van der Waals surface area (Å²) >= 11 is 0. The average Bonchev–Trinajstić information content (AvgIpc) is 2.50. The fraction of sp³-hybridized carbons (Fsp3) is 0.526. The molecular weight excluding hydrogens is 324 g/mol. The summed E-state index contributed by atoms with van der Waals surface area (Å²) in [6, 6.07) is 6.75. The number of esters is 2. The van der Waals surface area contributed by atoms with Crippen LogP contribution in [0, 0.1) is 5.92 Å². The van der Waals surface area contributed by atoms with Crippen LogP contribution in [0.25, 0.3) is 0 Å². The Morgan fingerprint density at radius 3 is 2.20 bits per heavy atom. The summed E-state index contributed by atoms with van der Waals surface area (Å²) in [4.78, 5) is 34.8. The lowest BCUT2D eigenvalue weighted by atomic mass is 9.94. The molecule has 0 fully saturated rings. The van der Waals surface area contributed by atoms with E-state index in [-0.39, 0.29) is 12.8 Å². The summed E-state index contributed by atoms with van der Waals surface area (Å²) in [6.07, 6.45) is 0.444. The first kappa shape index (κ1) is 20.7. The van der Waals surface area contributed by atoms with Crippen LogP contribution >= 0.6 is 0 Å². The minimum atomic E-state index is -0.953. The van der Waals surface area contributed by atoms with E-state index < -0.39 is 29.4 Å². The Hall–Kier alpha value is -2.37. The molecule has 6 heteroatoms. The summed E-state index contributed by atoms with van der Waals surface area (Å²) in [7, 11) is 0. The number of hydrogen-bond acceptors (Lipinski definition) is 5. The minimum absolute atomic E-state index is 0.106. The number of ether oxygens (including phenoxy) is 2. The molecule has 1 N–H and O–H groups in total. The first-order valence-corrected chi connectivity index (χ1v) is 8.33. The van der Waals surface area contributed by atoms with Crippen molar-refractivity contribution in [1.82, 2.24) is 0 Å². The number of benzene rings is 1. The van der Waals surface area contributed by atoms with Crippen molar-refractivity contribution in [3.63, 3.8) is 0 Å². The van der Waals surface area contributed by atoms with Crippen LogP contribution in [0.15, 0.2) is 24.3 Å². The summed E-state index contributed by atoms with van der Waals surface area (Å²) in [5, 5.41) is 8.89. The van der Waals surface area contributed by atoms with Gasteiger partial charge in [0.1, 0.15) is 5.60 Å². The van der Waals surface area contributed by atoms with Gasteiger partial charge in [-0.15, -0.1) is 0 Å². The standard InChI is InChI=1S/C19H26O6/c1-5-24-17(22)14-8-6-13(7-9-14)12-15(10-11-16(20)21)18(23)25-19(2,3)4/h6-9,15H,5,10-12H2,1-4H3,(H,20,21). The topological polar surface area (TPSA) is 89.9 Å². The lowest BCUT2D eigenvalue weighted by molar-refractivity contribution is -0.160. The van der Waals surface area contributed by atoms with Crippen molar-refractivity contribution < 1.29 is 29.0 Å². The predicted molar refractivity (Wildman–Crippen MR) is 92.3 cm³/mol. The van der Waals surface area contributed by atoms with E-state index >= 15 is 0 Å². The SMILES string of the molecule is CCOC(=O)c1ccc(CC(CCC(=O)O)C(=O)OC(C)(C)C)cc1. The highest BCUT2D eigenvalue weighted by molar-refractivity contribution is 5.89. The van der Waals surface area contributed by atoms with Crippen LogP contribution in [0.1, 0.15) is 56.5 Å². The van der Waals surface area contributed by atoms with Crippen LogP contribution in [0.2, 0.25) is 0 Å². The second-order valence-electron chi connectivity index (χ2n) is 6.78. The largest absolute Gasteiger partial charge is 0.481 e. The Morgan fingerprint density at radius 1 is 1.12 bits per heavy atom. The summed E-state index contributed by atoms with van der Waals surface area (Å²) in [5.74, 6) is -2.32. The first-order chi connectivity index (χ1) is 11.6. The second kappa shape index (κ2) is 9.20. The molecule has 0 amide bonds. The van der Waals surface area contributed by atoms with Gasteiger partial charge < -0.3 is 14.6 Å². The molecule has 1 aromatic carbocycles. The number of rotatable bonds is 8. The molecule has 0 bridgehead atoms. The van der Waals surface area contributed by atoms with Crippen LogP contribution in [-0.2, 0) is 25.5 Å². The fourth-order valence-corrected chi connectivity index (χ4v) is 2.26. The summed E-state index contributed by atoms with van der Waals surface area (Å²) in [5.41, 5.74) is 0.631. The smallest absolute Gasteiger partial charge is 0.338 e. The Bertz CT molecular complexity index is 597. The summed E-state index contributed by atoms with van der Waals surface area (Å²) in [6.45, 7) is 7.35. The van der Waals surface area contributed by atoms with Gasteiger partial charge in [-0.25, -0.2) is 4.79 Å². The molecule has 0 aliphatic rings. The number of aliphatic carboxylic acids is 1. The lowest BCUT2D eigenvalue weighted by Gasteiger charge is -2.24. The highest BCUT2D eigenvalue weighted by Gasteiger charge is 2.26. The van der Waals surface area contributed by atoms with Gasteiger partial charge in [-0.1, -0.05) is 12.1 Å². The van der Waals surface area contributed by atoms with Gasteiger partial charge >= 0.3 is 17.9 Å². The normalized spacial score (nSPS) is 12.3. The zero-order chi connectivity index (χ0) is 19.0. The van der Waals surface area contributed by atoms with Crippen molar-refractivity contribution in [1.29, 1.82) is 0 Å². The maximum Gasteiger partial charge on any atom is 0.338 e. The van der Waals surface area contributed by atoms with Gasteiger partial charge in [0, 0.05) is 6.42 Å². The molecule has 0 aliphatic carbocycles. The van der Waals surface area contributed by atoms with Gasteiger partial charge in [-0.05, 0) is 58.2 Å². The van der Waals surface area contributed by atoms with E-state index in [1.807, 2.05) is 0 Å². The van der Waals surface area contributed by atoms with Crippen LogP contribution in [0.3, 0.4) is 0 Å². The molecule has 25 heavy (non-hydrogen) atoms. The number of carbonyl (C=O) groups excluding carboxylic acids is 2. The quantitative estimate of drug-likeness (QED) is 0.724. The molecule has 0 saturated carbocycles. The van der Waals surface area contributed by atoms with Gasteiger partial charge in [-0.3, -0.25) is 9.59 Å². The van der Waals surface area contributed by atoms with E-state index in [4.69, 9.17) is 14.6 Å². The molecular formula is C19H26O6. The molecule has 138 valence electrons. The number of carbonyl (C=O) groups is 3. The zero-order valence-corrected chi connectivity index (χ0v) is 15.2. The van der Waals surface area contributed by atoms with Crippen LogP contribution in [0.5, 0.6) is 0 Å². The van der Waals surface area contributed by atoms with Crippen LogP contribution in [0.4, 0.5) is 0 Å². The van der Waals surface area contributed by atoms with Crippen molar-refractivity contribution in [3.05, 3.63) is 35.4 Å². The van der Waals surface area contributed by atoms with E-state index in [1.165, 1.54) is 0 Å². The molecule has 1 aromatic rings. The second-order valence-corrected chi connectivity index (χ2v) is 6.78. The number of carboxylic acids is 1. The predicted octanol–water partition coefficient (Wildman–Crippen LogP) is 3.23.